The summed E-state index contributed by atoms with van der Waals surface area (Å²) in [6.07, 6.45) is 3.84. The molecule has 1 aliphatic rings. The molecule has 5 nitrogen and oxygen atoms in total. The fourth-order valence-electron chi connectivity index (χ4n) is 2.64. The Morgan fingerprint density at radius 1 is 1.58 bits per heavy atom. The predicted molar refractivity (Wildman–Crippen MR) is 76.2 cm³/mol. The lowest BCUT2D eigenvalue weighted by Gasteiger charge is -2.37. The topological polar surface area (TPSA) is 72.1 Å². The zero-order valence-corrected chi connectivity index (χ0v) is 12.4. The summed E-state index contributed by atoms with van der Waals surface area (Å²) in [6, 6.07) is 0.160. The summed E-state index contributed by atoms with van der Waals surface area (Å²) in [5.74, 6) is 0.716. The third-order valence-electron chi connectivity index (χ3n) is 3.75. The quantitative estimate of drug-likeness (QED) is 0.912. The Labute approximate surface area is 118 Å². The zero-order valence-electron chi connectivity index (χ0n) is 11.6. The molecule has 1 aromatic rings. The van der Waals surface area contributed by atoms with Gasteiger partial charge in [0.25, 0.3) is 5.91 Å². The molecule has 0 aromatic carbocycles. The van der Waals surface area contributed by atoms with Gasteiger partial charge in [-0.25, -0.2) is 0 Å². The first-order valence-electron chi connectivity index (χ1n) is 6.99. The number of nitrogens with two attached hydrogens (primary N) is 1. The van der Waals surface area contributed by atoms with Gasteiger partial charge in [-0.3, -0.25) is 4.79 Å². The largest absolute Gasteiger partial charge is 0.334 e. The van der Waals surface area contributed by atoms with Crippen LogP contribution in [0.2, 0.25) is 0 Å². The summed E-state index contributed by atoms with van der Waals surface area (Å²) >= 11 is 1.21. The van der Waals surface area contributed by atoms with Crippen molar-refractivity contribution in [3.05, 3.63) is 10.6 Å². The second-order valence-electron chi connectivity index (χ2n) is 5.32. The second-order valence-corrected chi connectivity index (χ2v) is 6.07. The summed E-state index contributed by atoms with van der Waals surface area (Å²) in [6.45, 7) is 5.64. The molecule has 1 aromatic heterocycles. The van der Waals surface area contributed by atoms with Crippen molar-refractivity contribution >= 4 is 17.4 Å². The number of aromatic nitrogens is 2. The maximum atomic E-state index is 12.6. The Hall–Kier alpha value is -1.01. The Morgan fingerprint density at radius 3 is 3.05 bits per heavy atom. The summed E-state index contributed by atoms with van der Waals surface area (Å²) in [5.41, 5.74) is 6.66. The van der Waals surface area contributed by atoms with Gasteiger partial charge < -0.3 is 10.6 Å². The molecule has 2 unspecified atom stereocenters. The van der Waals surface area contributed by atoms with Crippen LogP contribution in [0.5, 0.6) is 0 Å². The number of rotatable bonds is 4. The van der Waals surface area contributed by atoms with Gasteiger partial charge in [0.1, 0.15) is 4.88 Å². The number of hydrogen-bond donors (Lipinski definition) is 1. The molecule has 0 saturated carbocycles. The van der Waals surface area contributed by atoms with Crippen LogP contribution in [-0.2, 0) is 6.42 Å². The summed E-state index contributed by atoms with van der Waals surface area (Å²) in [5, 5.41) is 4.08. The van der Waals surface area contributed by atoms with E-state index in [0.717, 1.165) is 37.9 Å². The van der Waals surface area contributed by atoms with E-state index in [1.807, 2.05) is 4.90 Å². The van der Waals surface area contributed by atoms with E-state index in [0.29, 0.717) is 17.3 Å². The molecule has 0 bridgehead atoms. The first-order chi connectivity index (χ1) is 9.17. The van der Waals surface area contributed by atoms with Crippen LogP contribution in [0.25, 0.3) is 0 Å². The number of carbonyl (C=O) groups is 1. The van der Waals surface area contributed by atoms with Gasteiger partial charge in [-0.15, -0.1) is 5.10 Å². The molecular weight excluding hydrogens is 260 g/mol. The van der Waals surface area contributed by atoms with Gasteiger partial charge >= 0.3 is 0 Å². The Balaban J connectivity index is 2.15. The van der Waals surface area contributed by atoms with E-state index in [4.69, 9.17) is 5.73 Å². The van der Waals surface area contributed by atoms with Crippen molar-refractivity contribution in [3.63, 3.8) is 0 Å². The van der Waals surface area contributed by atoms with Crippen LogP contribution in [0.1, 0.15) is 48.5 Å². The number of aryl methyl sites for hydroxylation is 1. The van der Waals surface area contributed by atoms with Crippen LogP contribution in [0.3, 0.4) is 0 Å². The molecule has 2 rings (SSSR count). The second kappa shape index (κ2) is 6.43. The van der Waals surface area contributed by atoms with Crippen LogP contribution < -0.4 is 5.73 Å². The standard InChI is InChI=1S/C13H22N4OS/c1-3-4-11-12(19-16-15-11)13(18)17-6-5-9(2)7-10(17)8-14/h9-10H,3-8,14H2,1-2H3. The van der Waals surface area contributed by atoms with Crippen LogP contribution in [0, 0.1) is 5.92 Å². The van der Waals surface area contributed by atoms with Crippen LogP contribution >= 0.6 is 11.5 Å². The molecule has 2 heterocycles. The van der Waals surface area contributed by atoms with Crippen molar-refractivity contribution in [3.8, 4) is 0 Å². The minimum atomic E-state index is 0.0702. The molecule has 1 amide bonds. The van der Waals surface area contributed by atoms with Gasteiger partial charge in [0.2, 0.25) is 0 Å². The van der Waals surface area contributed by atoms with Gasteiger partial charge in [-0.05, 0) is 36.7 Å². The summed E-state index contributed by atoms with van der Waals surface area (Å²) in [4.78, 5) is 15.3. The van der Waals surface area contributed by atoms with Crippen LogP contribution in [-0.4, -0.2) is 39.5 Å². The van der Waals surface area contributed by atoms with E-state index in [9.17, 15) is 4.79 Å². The van der Waals surface area contributed by atoms with E-state index in [1.165, 1.54) is 11.5 Å². The Morgan fingerprint density at radius 2 is 2.37 bits per heavy atom. The lowest BCUT2D eigenvalue weighted by molar-refractivity contribution is 0.0577. The fraction of sp³-hybridized carbons (Fsp3) is 0.769. The summed E-state index contributed by atoms with van der Waals surface area (Å²) < 4.78 is 3.94. The van der Waals surface area contributed by atoms with Gasteiger partial charge in [-0.2, -0.15) is 0 Å². The molecular formula is C13H22N4OS. The Kier molecular flexibility index (Phi) is 4.87. The molecule has 0 spiro atoms. The molecule has 106 valence electrons. The lowest BCUT2D eigenvalue weighted by atomic mass is 9.92. The fourth-order valence-corrected chi connectivity index (χ4v) is 3.31. The lowest BCUT2D eigenvalue weighted by Crippen LogP contribution is -2.49. The van der Waals surface area contributed by atoms with E-state index in [2.05, 4.69) is 23.4 Å². The first kappa shape index (κ1) is 14.4. The minimum Gasteiger partial charge on any atom is -0.334 e. The van der Waals surface area contributed by atoms with E-state index in [1.54, 1.807) is 0 Å². The van der Waals surface area contributed by atoms with Gasteiger partial charge in [0.15, 0.2) is 0 Å². The molecule has 2 N–H and O–H groups in total. The number of piperidine rings is 1. The van der Waals surface area contributed by atoms with Crippen molar-refractivity contribution in [2.45, 2.75) is 45.6 Å². The Bertz CT molecular complexity index is 434. The SMILES string of the molecule is CCCc1nnsc1C(=O)N1CCC(C)CC1CN. The number of carbonyl (C=O) groups excluding carboxylic acids is 1. The van der Waals surface area contributed by atoms with E-state index >= 15 is 0 Å². The molecule has 1 aliphatic heterocycles. The molecule has 0 aliphatic carbocycles. The number of nitrogens with zero attached hydrogens (tertiary/aromatic N) is 3. The average molecular weight is 282 g/mol. The van der Waals surface area contributed by atoms with E-state index < -0.39 is 0 Å². The molecule has 1 saturated heterocycles. The third-order valence-corrected chi connectivity index (χ3v) is 4.50. The van der Waals surface area contributed by atoms with Crippen molar-refractivity contribution in [2.75, 3.05) is 13.1 Å². The molecule has 0 radical (unpaired) electrons. The normalized spacial score (nSPS) is 23.6. The predicted octanol–water partition coefficient (Wildman–Crippen LogP) is 1.69. The van der Waals surface area contributed by atoms with Crippen molar-refractivity contribution in [1.82, 2.24) is 14.5 Å². The number of hydrogen-bond acceptors (Lipinski definition) is 5. The first-order valence-corrected chi connectivity index (χ1v) is 7.77. The van der Waals surface area contributed by atoms with Gasteiger partial charge in [0.05, 0.1) is 5.69 Å². The van der Waals surface area contributed by atoms with Crippen molar-refractivity contribution < 1.29 is 4.79 Å². The average Bonchev–Trinajstić information content (AvgIpc) is 2.86. The van der Waals surface area contributed by atoms with Gasteiger partial charge in [-0.1, -0.05) is 24.8 Å². The minimum absolute atomic E-state index is 0.0702. The monoisotopic (exact) mass is 282 g/mol. The van der Waals surface area contributed by atoms with Gasteiger partial charge in [0, 0.05) is 19.1 Å². The van der Waals surface area contributed by atoms with Crippen LogP contribution in [0.4, 0.5) is 0 Å². The van der Waals surface area contributed by atoms with Crippen LogP contribution in [0.15, 0.2) is 0 Å². The highest BCUT2D eigenvalue weighted by Gasteiger charge is 2.31. The smallest absolute Gasteiger partial charge is 0.267 e. The number of likely N-dealkylation sites (tertiary alicyclic amines) is 1. The highest BCUT2D eigenvalue weighted by molar-refractivity contribution is 7.08. The molecule has 2 atom stereocenters. The maximum absolute atomic E-state index is 12.6. The zero-order chi connectivity index (χ0) is 13.8. The summed E-state index contributed by atoms with van der Waals surface area (Å²) in [7, 11) is 0. The maximum Gasteiger partial charge on any atom is 0.267 e. The highest BCUT2D eigenvalue weighted by Crippen LogP contribution is 2.25. The van der Waals surface area contributed by atoms with E-state index in [-0.39, 0.29) is 11.9 Å². The highest BCUT2D eigenvalue weighted by atomic mass is 32.1. The molecule has 1 fully saturated rings. The van der Waals surface area contributed by atoms with Crippen molar-refractivity contribution in [2.24, 2.45) is 11.7 Å². The molecule has 6 heteroatoms. The van der Waals surface area contributed by atoms with Crippen molar-refractivity contribution in [1.29, 1.82) is 0 Å². The number of amides is 1. The molecule has 19 heavy (non-hydrogen) atoms. The third kappa shape index (κ3) is 3.12.